The van der Waals surface area contributed by atoms with Gasteiger partial charge in [-0.3, -0.25) is 4.79 Å². The summed E-state index contributed by atoms with van der Waals surface area (Å²) in [5.74, 6) is -1.35. The third kappa shape index (κ3) is 4.18. The Morgan fingerprint density at radius 3 is 2.40 bits per heavy atom. The average Bonchev–Trinajstić information content (AvgIpc) is 2.69. The first-order valence-electron chi connectivity index (χ1n) is 10.3. The molecule has 0 saturated carbocycles. The van der Waals surface area contributed by atoms with Crippen LogP contribution >= 0.6 is 0 Å². The average molecular weight is 411 g/mol. The summed E-state index contributed by atoms with van der Waals surface area (Å²) in [5.41, 5.74) is 3.66. The zero-order chi connectivity index (χ0) is 22.1. The second kappa shape index (κ2) is 8.46. The maximum absolute atomic E-state index is 13.2. The van der Waals surface area contributed by atoms with Gasteiger partial charge in [-0.25, -0.2) is 9.59 Å². The number of nitrogens with one attached hydrogen (secondary N) is 1. The Morgan fingerprint density at radius 2 is 1.80 bits per heavy atom. The summed E-state index contributed by atoms with van der Waals surface area (Å²) in [5, 5.41) is 3.31. The first-order chi connectivity index (χ1) is 14.2. The summed E-state index contributed by atoms with van der Waals surface area (Å²) in [4.78, 5) is 38.0. The van der Waals surface area contributed by atoms with E-state index in [9.17, 15) is 14.4 Å². The number of carbonyl (C=O) groups excluding carboxylic acids is 3. The minimum absolute atomic E-state index is 0.0316. The summed E-state index contributed by atoms with van der Waals surface area (Å²) in [7, 11) is 1.33. The molecule has 1 unspecified atom stereocenters. The van der Waals surface area contributed by atoms with Crippen molar-refractivity contribution >= 4 is 17.7 Å². The third-order valence-corrected chi connectivity index (χ3v) is 5.56. The fraction of sp³-hybridized carbons (Fsp3) is 0.458. The fourth-order valence-corrected chi connectivity index (χ4v) is 4.24. The molecule has 1 aliphatic carbocycles. The molecule has 6 heteroatoms. The lowest BCUT2D eigenvalue weighted by Gasteiger charge is -2.39. The van der Waals surface area contributed by atoms with Crippen LogP contribution in [-0.2, 0) is 19.1 Å². The number of Topliss-reactive ketones (excluding diaryl/α,β-unsaturated/α-hetero) is 1. The Morgan fingerprint density at radius 1 is 1.13 bits per heavy atom. The van der Waals surface area contributed by atoms with E-state index in [4.69, 9.17) is 9.47 Å². The maximum Gasteiger partial charge on any atom is 0.337 e. The van der Waals surface area contributed by atoms with E-state index >= 15 is 0 Å². The summed E-state index contributed by atoms with van der Waals surface area (Å²) >= 11 is 0. The number of allylic oxidation sites excluding steroid dienone is 3. The van der Waals surface area contributed by atoms with Crippen LogP contribution in [0.2, 0.25) is 0 Å². The van der Waals surface area contributed by atoms with Crippen molar-refractivity contribution in [2.75, 3.05) is 13.7 Å². The molecule has 3 rings (SSSR count). The molecule has 0 amide bonds. The lowest BCUT2D eigenvalue weighted by atomic mass is 9.68. The molecule has 0 radical (unpaired) electrons. The van der Waals surface area contributed by atoms with E-state index in [0.29, 0.717) is 41.9 Å². The summed E-state index contributed by atoms with van der Waals surface area (Å²) in [6.07, 6.45) is 1.85. The van der Waals surface area contributed by atoms with Gasteiger partial charge < -0.3 is 14.8 Å². The summed E-state index contributed by atoms with van der Waals surface area (Å²) in [6, 6.07) is 6.87. The van der Waals surface area contributed by atoms with Crippen molar-refractivity contribution in [3.05, 3.63) is 57.9 Å². The Bertz CT molecular complexity index is 937. The van der Waals surface area contributed by atoms with Crippen molar-refractivity contribution in [3.8, 4) is 0 Å². The smallest absolute Gasteiger partial charge is 0.337 e. The van der Waals surface area contributed by atoms with Gasteiger partial charge in [0.15, 0.2) is 5.78 Å². The second-order valence-electron chi connectivity index (χ2n) is 8.68. The molecular weight excluding hydrogens is 382 g/mol. The van der Waals surface area contributed by atoms with Crippen molar-refractivity contribution in [2.24, 2.45) is 5.41 Å². The Hall–Kier alpha value is -2.89. The summed E-state index contributed by atoms with van der Waals surface area (Å²) in [6.45, 7) is 8.23. The van der Waals surface area contributed by atoms with Crippen LogP contribution in [0.5, 0.6) is 0 Å². The van der Waals surface area contributed by atoms with Gasteiger partial charge in [-0.05, 0) is 42.9 Å². The zero-order valence-electron chi connectivity index (χ0n) is 18.3. The molecule has 0 aromatic heterocycles. The van der Waals surface area contributed by atoms with Gasteiger partial charge in [-0.1, -0.05) is 32.9 Å². The predicted octanol–water partition coefficient (Wildman–Crippen LogP) is 4.03. The first-order valence-corrected chi connectivity index (χ1v) is 10.3. The van der Waals surface area contributed by atoms with Crippen LogP contribution in [0.3, 0.4) is 0 Å². The minimum atomic E-state index is -0.527. The number of ether oxygens (including phenoxy) is 2. The van der Waals surface area contributed by atoms with Crippen LogP contribution in [0.1, 0.15) is 68.8 Å². The third-order valence-electron chi connectivity index (χ3n) is 5.56. The van der Waals surface area contributed by atoms with Crippen molar-refractivity contribution in [1.29, 1.82) is 0 Å². The van der Waals surface area contributed by atoms with Gasteiger partial charge in [0.2, 0.25) is 0 Å². The van der Waals surface area contributed by atoms with Crippen LogP contribution in [0.15, 0.2) is 46.8 Å². The number of hydrogen-bond donors (Lipinski definition) is 1. The molecule has 0 bridgehead atoms. The number of hydrogen-bond acceptors (Lipinski definition) is 6. The molecule has 1 aliphatic heterocycles. The molecule has 160 valence electrons. The quantitative estimate of drug-likeness (QED) is 0.737. The molecular formula is C24H29NO5. The molecule has 0 fully saturated rings. The van der Waals surface area contributed by atoms with Crippen molar-refractivity contribution in [3.63, 3.8) is 0 Å². The molecule has 6 nitrogen and oxygen atoms in total. The second-order valence-corrected chi connectivity index (χ2v) is 8.68. The standard InChI is InChI=1S/C24H29NO5/c1-6-11-30-23(28)19-14(2)25-17-12-24(3,4)13-18(26)21(17)20(19)15-7-9-16(10-8-15)22(27)29-5/h7-10,20,25H,6,11-13H2,1-5H3. The molecule has 0 spiro atoms. The maximum atomic E-state index is 13.2. The van der Waals surface area contributed by atoms with Crippen LogP contribution in [-0.4, -0.2) is 31.4 Å². The SMILES string of the molecule is CCCOC(=O)C1=C(C)NC2=C(C(=O)CC(C)(C)C2)C1c1ccc(C(=O)OC)cc1. The zero-order valence-corrected chi connectivity index (χ0v) is 18.3. The van der Waals surface area contributed by atoms with Crippen molar-refractivity contribution in [2.45, 2.75) is 52.9 Å². The first kappa shape index (κ1) is 21.8. The molecule has 2 aliphatic rings. The summed E-state index contributed by atoms with van der Waals surface area (Å²) < 4.78 is 10.2. The monoisotopic (exact) mass is 411 g/mol. The highest BCUT2D eigenvalue weighted by Gasteiger charge is 2.43. The highest BCUT2D eigenvalue weighted by molar-refractivity contribution is 6.04. The van der Waals surface area contributed by atoms with E-state index in [2.05, 4.69) is 19.2 Å². The van der Waals surface area contributed by atoms with E-state index in [0.717, 1.165) is 17.7 Å². The lowest BCUT2D eigenvalue weighted by Crippen LogP contribution is -2.38. The fourth-order valence-electron chi connectivity index (χ4n) is 4.24. The van der Waals surface area contributed by atoms with Gasteiger partial charge in [0, 0.05) is 29.3 Å². The van der Waals surface area contributed by atoms with Crippen LogP contribution in [0, 0.1) is 5.41 Å². The molecule has 1 atom stereocenters. The number of rotatable bonds is 5. The highest BCUT2D eigenvalue weighted by atomic mass is 16.5. The number of ketones is 1. The van der Waals surface area contributed by atoms with E-state index in [-0.39, 0.29) is 11.2 Å². The van der Waals surface area contributed by atoms with Gasteiger partial charge in [0.05, 0.1) is 24.9 Å². The molecule has 0 saturated heterocycles. The number of dihydropyridines is 1. The molecule has 1 N–H and O–H groups in total. The number of carbonyl (C=O) groups is 3. The van der Waals surface area contributed by atoms with E-state index in [1.54, 1.807) is 24.3 Å². The lowest BCUT2D eigenvalue weighted by molar-refractivity contribution is -0.139. The number of methoxy groups -OCH3 is 1. The van der Waals surface area contributed by atoms with Crippen LogP contribution < -0.4 is 5.32 Å². The van der Waals surface area contributed by atoms with Gasteiger partial charge >= 0.3 is 11.9 Å². The van der Waals surface area contributed by atoms with Crippen LogP contribution in [0.25, 0.3) is 0 Å². The normalized spacial score (nSPS) is 20.4. The highest BCUT2D eigenvalue weighted by Crippen LogP contribution is 2.46. The van der Waals surface area contributed by atoms with Crippen molar-refractivity contribution < 1.29 is 23.9 Å². The van der Waals surface area contributed by atoms with Gasteiger partial charge in [0.1, 0.15) is 0 Å². The predicted molar refractivity (Wildman–Crippen MR) is 113 cm³/mol. The Labute approximate surface area is 177 Å². The molecule has 1 aromatic carbocycles. The Kier molecular flexibility index (Phi) is 6.15. The topological polar surface area (TPSA) is 81.7 Å². The molecule has 30 heavy (non-hydrogen) atoms. The van der Waals surface area contributed by atoms with E-state index < -0.39 is 17.9 Å². The van der Waals surface area contributed by atoms with E-state index in [1.807, 2.05) is 13.8 Å². The number of benzene rings is 1. The van der Waals surface area contributed by atoms with E-state index in [1.165, 1.54) is 7.11 Å². The molecule has 1 heterocycles. The number of esters is 2. The molecule has 1 aromatic rings. The van der Waals surface area contributed by atoms with Gasteiger partial charge in [-0.15, -0.1) is 0 Å². The Balaban J connectivity index is 2.11. The minimum Gasteiger partial charge on any atom is -0.465 e. The van der Waals surface area contributed by atoms with Gasteiger partial charge in [0.25, 0.3) is 0 Å². The van der Waals surface area contributed by atoms with Gasteiger partial charge in [-0.2, -0.15) is 0 Å². The largest absolute Gasteiger partial charge is 0.465 e. The van der Waals surface area contributed by atoms with Crippen molar-refractivity contribution in [1.82, 2.24) is 5.32 Å². The van der Waals surface area contributed by atoms with Crippen LogP contribution in [0.4, 0.5) is 0 Å².